The van der Waals surface area contributed by atoms with Crippen molar-refractivity contribution in [2.45, 2.75) is 18.9 Å². The zero-order valence-corrected chi connectivity index (χ0v) is 9.39. The first kappa shape index (κ1) is 11.5. The summed E-state index contributed by atoms with van der Waals surface area (Å²) in [5.41, 5.74) is 1.32. The lowest BCUT2D eigenvalue weighted by molar-refractivity contribution is -0.137. The van der Waals surface area contributed by atoms with Gasteiger partial charge in [-0.15, -0.1) is 0 Å². The van der Waals surface area contributed by atoms with E-state index < -0.39 is 0 Å². The van der Waals surface area contributed by atoms with E-state index in [0.717, 1.165) is 32.5 Å². The number of hydrogen-bond donors (Lipinski definition) is 1. The first-order valence-electron chi connectivity index (χ1n) is 5.74. The summed E-state index contributed by atoms with van der Waals surface area (Å²) >= 11 is 0. The van der Waals surface area contributed by atoms with Crippen molar-refractivity contribution in [1.82, 2.24) is 10.3 Å². The van der Waals surface area contributed by atoms with Crippen molar-refractivity contribution in [2.24, 2.45) is 0 Å². The first-order chi connectivity index (χ1) is 7.95. The first-order valence-corrected chi connectivity index (χ1v) is 5.74. The molecule has 0 bridgehead atoms. The van der Waals surface area contributed by atoms with Gasteiger partial charge in [-0.2, -0.15) is 0 Å². The molecule has 1 aliphatic rings. The second-order valence-corrected chi connectivity index (χ2v) is 3.91. The molecule has 2 rings (SSSR count). The Labute approximate surface area is 96.0 Å². The Kier molecular flexibility index (Phi) is 4.73. The second-order valence-electron chi connectivity index (χ2n) is 3.91. The predicted molar refractivity (Wildman–Crippen MR) is 61.1 cm³/mol. The van der Waals surface area contributed by atoms with Crippen molar-refractivity contribution in [1.29, 1.82) is 0 Å². The van der Waals surface area contributed by atoms with Gasteiger partial charge in [-0.05, 0) is 37.1 Å². The molecule has 0 radical (unpaired) electrons. The molecule has 4 nitrogen and oxygen atoms in total. The van der Waals surface area contributed by atoms with Crippen molar-refractivity contribution in [3.05, 3.63) is 30.1 Å². The van der Waals surface area contributed by atoms with Gasteiger partial charge in [0.1, 0.15) is 6.79 Å². The fourth-order valence-corrected chi connectivity index (χ4v) is 1.71. The maximum atomic E-state index is 5.44. The summed E-state index contributed by atoms with van der Waals surface area (Å²) in [6, 6.07) is 4.10. The molecule has 1 unspecified atom stereocenters. The van der Waals surface area contributed by atoms with Crippen LogP contribution in [0.2, 0.25) is 0 Å². The normalized spacial score (nSPS) is 20.9. The molecule has 4 heteroatoms. The Morgan fingerprint density at radius 1 is 1.38 bits per heavy atom. The molecule has 88 valence electrons. The Hall–Kier alpha value is -0.970. The van der Waals surface area contributed by atoms with Crippen molar-refractivity contribution in [3.8, 4) is 0 Å². The molecule has 1 aromatic rings. The third-order valence-corrected chi connectivity index (χ3v) is 2.68. The van der Waals surface area contributed by atoms with Crippen LogP contribution in [0.25, 0.3) is 0 Å². The molecule has 0 amide bonds. The van der Waals surface area contributed by atoms with Gasteiger partial charge < -0.3 is 14.8 Å². The van der Waals surface area contributed by atoms with Gasteiger partial charge in [0.05, 0.1) is 12.7 Å². The Bertz CT molecular complexity index is 286. The van der Waals surface area contributed by atoms with E-state index in [4.69, 9.17) is 9.47 Å². The van der Waals surface area contributed by atoms with E-state index in [1.165, 1.54) is 5.56 Å². The lowest BCUT2D eigenvalue weighted by Crippen LogP contribution is -2.34. The molecule has 0 aliphatic carbocycles. The minimum Gasteiger partial charge on any atom is -0.355 e. The zero-order chi connectivity index (χ0) is 11.1. The van der Waals surface area contributed by atoms with Crippen molar-refractivity contribution in [2.75, 3.05) is 26.5 Å². The molecule has 1 N–H and O–H groups in total. The molecule has 0 saturated carbocycles. The SMILES string of the molecule is c1cc(CCNCC2CCOCO2)ccn1. The molecule has 1 atom stereocenters. The molecule has 1 saturated heterocycles. The molecule has 1 aliphatic heterocycles. The Morgan fingerprint density at radius 3 is 3.00 bits per heavy atom. The van der Waals surface area contributed by atoms with Crippen LogP contribution < -0.4 is 5.32 Å². The van der Waals surface area contributed by atoms with Crippen LogP contribution in [0.3, 0.4) is 0 Å². The van der Waals surface area contributed by atoms with Crippen LogP contribution in [0, 0.1) is 0 Å². The highest BCUT2D eigenvalue weighted by Crippen LogP contribution is 2.04. The van der Waals surface area contributed by atoms with E-state index in [1.54, 1.807) is 0 Å². The number of pyridine rings is 1. The second kappa shape index (κ2) is 6.58. The predicted octanol–water partition coefficient (Wildman–Crippen LogP) is 0.977. The molecule has 2 heterocycles. The average Bonchev–Trinajstić information content (AvgIpc) is 2.37. The topological polar surface area (TPSA) is 43.4 Å². The lowest BCUT2D eigenvalue weighted by atomic mass is 10.2. The van der Waals surface area contributed by atoms with Gasteiger partial charge in [0.25, 0.3) is 0 Å². The summed E-state index contributed by atoms with van der Waals surface area (Å²) in [6.07, 6.45) is 5.99. The van der Waals surface area contributed by atoms with Crippen molar-refractivity contribution in [3.63, 3.8) is 0 Å². The third-order valence-electron chi connectivity index (χ3n) is 2.68. The van der Waals surface area contributed by atoms with Gasteiger partial charge in [-0.25, -0.2) is 0 Å². The van der Waals surface area contributed by atoms with E-state index >= 15 is 0 Å². The van der Waals surface area contributed by atoms with Gasteiger partial charge in [-0.1, -0.05) is 0 Å². The molecule has 0 spiro atoms. The van der Waals surface area contributed by atoms with E-state index in [1.807, 2.05) is 24.5 Å². The standard InChI is InChI=1S/C12H18N2O2/c1-5-13-6-2-11(1)3-7-14-9-12-4-8-15-10-16-12/h1-2,5-6,12,14H,3-4,7-10H2. The largest absolute Gasteiger partial charge is 0.355 e. The number of hydrogen-bond acceptors (Lipinski definition) is 4. The molecular formula is C12H18N2O2. The number of rotatable bonds is 5. The smallest absolute Gasteiger partial charge is 0.147 e. The molecular weight excluding hydrogens is 204 g/mol. The van der Waals surface area contributed by atoms with Crippen LogP contribution in [0.1, 0.15) is 12.0 Å². The summed E-state index contributed by atoms with van der Waals surface area (Å²) < 4.78 is 10.6. The minimum atomic E-state index is 0.311. The van der Waals surface area contributed by atoms with Gasteiger partial charge in [-0.3, -0.25) is 4.98 Å². The fraction of sp³-hybridized carbons (Fsp3) is 0.583. The van der Waals surface area contributed by atoms with Crippen LogP contribution in [0.4, 0.5) is 0 Å². The van der Waals surface area contributed by atoms with Crippen LogP contribution >= 0.6 is 0 Å². The minimum absolute atomic E-state index is 0.311. The average molecular weight is 222 g/mol. The van der Waals surface area contributed by atoms with Gasteiger partial charge in [0.2, 0.25) is 0 Å². The summed E-state index contributed by atoms with van der Waals surface area (Å²) in [4.78, 5) is 3.99. The number of nitrogens with one attached hydrogen (secondary N) is 1. The fourth-order valence-electron chi connectivity index (χ4n) is 1.71. The van der Waals surface area contributed by atoms with Crippen LogP contribution in [-0.2, 0) is 15.9 Å². The zero-order valence-electron chi connectivity index (χ0n) is 9.39. The molecule has 1 aromatic heterocycles. The van der Waals surface area contributed by atoms with E-state index in [0.29, 0.717) is 12.9 Å². The van der Waals surface area contributed by atoms with Gasteiger partial charge in [0, 0.05) is 18.9 Å². The summed E-state index contributed by atoms with van der Waals surface area (Å²) in [7, 11) is 0. The molecule has 16 heavy (non-hydrogen) atoms. The molecule has 0 aromatic carbocycles. The van der Waals surface area contributed by atoms with E-state index in [9.17, 15) is 0 Å². The third kappa shape index (κ3) is 3.89. The number of aromatic nitrogens is 1. The summed E-state index contributed by atoms with van der Waals surface area (Å²) in [5.74, 6) is 0. The molecule has 1 fully saturated rings. The van der Waals surface area contributed by atoms with E-state index in [-0.39, 0.29) is 0 Å². The van der Waals surface area contributed by atoms with Crippen LogP contribution in [0.15, 0.2) is 24.5 Å². The monoisotopic (exact) mass is 222 g/mol. The highest BCUT2D eigenvalue weighted by Gasteiger charge is 2.12. The van der Waals surface area contributed by atoms with Crippen molar-refractivity contribution >= 4 is 0 Å². The summed E-state index contributed by atoms with van der Waals surface area (Å²) in [6.45, 7) is 3.15. The summed E-state index contributed by atoms with van der Waals surface area (Å²) in [5, 5.41) is 3.40. The van der Waals surface area contributed by atoms with Gasteiger partial charge in [0.15, 0.2) is 0 Å². The van der Waals surface area contributed by atoms with E-state index in [2.05, 4.69) is 10.3 Å². The maximum absolute atomic E-state index is 5.44. The Balaban J connectivity index is 1.58. The highest BCUT2D eigenvalue weighted by molar-refractivity contribution is 5.09. The van der Waals surface area contributed by atoms with Crippen LogP contribution in [0.5, 0.6) is 0 Å². The quantitative estimate of drug-likeness (QED) is 0.754. The highest BCUT2D eigenvalue weighted by atomic mass is 16.7. The Morgan fingerprint density at radius 2 is 2.25 bits per heavy atom. The maximum Gasteiger partial charge on any atom is 0.147 e. The van der Waals surface area contributed by atoms with Gasteiger partial charge >= 0.3 is 0 Å². The number of ether oxygens (including phenoxy) is 2. The van der Waals surface area contributed by atoms with Crippen LogP contribution in [-0.4, -0.2) is 37.6 Å². The van der Waals surface area contributed by atoms with Crippen molar-refractivity contribution < 1.29 is 9.47 Å². The number of nitrogens with zero attached hydrogens (tertiary/aromatic N) is 1. The lowest BCUT2D eigenvalue weighted by Gasteiger charge is -2.22.